The smallest absolute Gasteiger partial charge is 0.202 e. The third kappa shape index (κ3) is 1.57. The van der Waals surface area contributed by atoms with Gasteiger partial charge in [0.2, 0.25) is 5.95 Å². The molecule has 2 aromatic rings. The summed E-state index contributed by atoms with van der Waals surface area (Å²) >= 11 is 0. The lowest BCUT2D eigenvalue weighted by atomic mass is 9.82. The van der Waals surface area contributed by atoms with Crippen LogP contribution in [0.5, 0.6) is 0 Å². The van der Waals surface area contributed by atoms with E-state index in [4.69, 9.17) is 11.5 Å². The third-order valence-corrected chi connectivity index (χ3v) is 4.34. The van der Waals surface area contributed by atoms with Gasteiger partial charge in [0, 0.05) is 11.3 Å². The van der Waals surface area contributed by atoms with E-state index in [1.807, 2.05) is 12.1 Å². The normalized spacial score (nSPS) is 16.4. The number of nitrogens with zero attached hydrogens (tertiary/aromatic N) is 2. The van der Waals surface area contributed by atoms with Gasteiger partial charge in [0.05, 0.1) is 16.6 Å². The van der Waals surface area contributed by atoms with Crippen LogP contribution in [0.3, 0.4) is 0 Å². The topological polar surface area (TPSA) is 69.9 Å². The van der Waals surface area contributed by atoms with Gasteiger partial charge in [-0.3, -0.25) is 4.57 Å². The van der Waals surface area contributed by atoms with Gasteiger partial charge in [-0.05, 0) is 25.0 Å². The Morgan fingerprint density at radius 3 is 2.50 bits per heavy atom. The lowest BCUT2D eigenvalue weighted by Gasteiger charge is -2.39. The molecular weight excluding hydrogens is 248 g/mol. The molecule has 0 unspecified atom stereocenters. The molecule has 1 aliphatic rings. The molecule has 0 saturated carbocycles. The first kappa shape index (κ1) is 13.0. The zero-order chi connectivity index (χ0) is 14.3. The minimum atomic E-state index is -0.212. The Kier molecular flexibility index (Phi) is 2.96. The largest absolute Gasteiger partial charge is 0.400 e. The molecule has 3 rings (SSSR count). The van der Waals surface area contributed by atoms with Crippen LogP contribution in [0.2, 0.25) is 0 Å². The molecule has 1 aromatic heterocycles. The molecule has 4 heteroatoms. The molecule has 4 nitrogen and oxygen atoms in total. The molecule has 1 aliphatic heterocycles. The number of nitrogen functional groups attached to an aromatic ring is 1. The number of hydrogen-bond donors (Lipinski definition) is 2. The molecule has 0 aliphatic carbocycles. The highest BCUT2D eigenvalue weighted by molar-refractivity contribution is 5.90. The van der Waals surface area contributed by atoms with Crippen LogP contribution in [0.15, 0.2) is 23.9 Å². The fourth-order valence-electron chi connectivity index (χ4n) is 3.62. The summed E-state index contributed by atoms with van der Waals surface area (Å²) in [6.07, 6.45) is 6.22. The highest BCUT2D eigenvalue weighted by Crippen LogP contribution is 2.43. The first-order valence-corrected chi connectivity index (χ1v) is 7.39. The molecule has 4 N–H and O–H groups in total. The Bertz CT molecular complexity index is 675. The van der Waals surface area contributed by atoms with Crippen molar-refractivity contribution in [3.05, 3.63) is 29.5 Å². The van der Waals surface area contributed by atoms with Crippen molar-refractivity contribution in [1.29, 1.82) is 0 Å². The number of hydrogen-bond acceptors (Lipinski definition) is 3. The Morgan fingerprint density at radius 2 is 1.85 bits per heavy atom. The van der Waals surface area contributed by atoms with Crippen molar-refractivity contribution >= 4 is 23.1 Å². The average Bonchev–Trinajstić information content (AvgIpc) is 2.75. The van der Waals surface area contributed by atoms with Crippen LogP contribution < -0.4 is 11.5 Å². The summed E-state index contributed by atoms with van der Waals surface area (Å²) in [6, 6.07) is 6.10. The summed E-state index contributed by atoms with van der Waals surface area (Å²) in [5.74, 6) is 0.574. The van der Waals surface area contributed by atoms with E-state index >= 15 is 0 Å². The van der Waals surface area contributed by atoms with Crippen LogP contribution in [0.1, 0.15) is 45.1 Å². The predicted octanol–water partition coefficient (Wildman–Crippen LogP) is 3.23. The van der Waals surface area contributed by atoms with Crippen LogP contribution in [0.25, 0.3) is 17.1 Å². The Balaban J connectivity index is 2.36. The van der Waals surface area contributed by atoms with Crippen molar-refractivity contribution < 1.29 is 0 Å². The number of imidazole rings is 1. The molecule has 0 spiro atoms. The van der Waals surface area contributed by atoms with Crippen LogP contribution >= 0.6 is 0 Å². The Labute approximate surface area is 119 Å². The third-order valence-electron chi connectivity index (χ3n) is 4.34. The van der Waals surface area contributed by atoms with E-state index < -0.39 is 0 Å². The van der Waals surface area contributed by atoms with Crippen molar-refractivity contribution in [2.75, 3.05) is 5.73 Å². The molecule has 1 aromatic carbocycles. The number of anilines is 1. The molecule has 0 atom stereocenters. The quantitative estimate of drug-likeness (QED) is 0.896. The van der Waals surface area contributed by atoms with Crippen LogP contribution in [0.4, 0.5) is 5.95 Å². The van der Waals surface area contributed by atoms with Gasteiger partial charge in [-0.25, -0.2) is 4.98 Å². The van der Waals surface area contributed by atoms with Crippen molar-refractivity contribution in [1.82, 2.24) is 9.55 Å². The SMILES string of the molecule is CCCC1(CCC)C(N)=Cc2cccc3nc(N)n1c23. The molecule has 0 saturated heterocycles. The zero-order valence-corrected chi connectivity index (χ0v) is 12.2. The second-order valence-corrected chi connectivity index (χ2v) is 5.65. The van der Waals surface area contributed by atoms with E-state index in [1.54, 1.807) is 0 Å². The highest BCUT2D eigenvalue weighted by atomic mass is 15.2. The van der Waals surface area contributed by atoms with Gasteiger partial charge in [0.25, 0.3) is 0 Å². The van der Waals surface area contributed by atoms with Gasteiger partial charge in [-0.15, -0.1) is 0 Å². The zero-order valence-electron chi connectivity index (χ0n) is 12.2. The first-order valence-electron chi connectivity index (χ1n) is 7.39. The van der Waals surface area contributed by atoms with E-state index in [-0.39, 0.29) is 5.54 Å². The molecule has 106 valence electrons. The monoisotopic (exact) mass is 270 g/mol. The summed E-state index contributed by atoms with van der Waals surface area (Å²) in [5, 5.41) is 0. The summed E-state index contributed by atoms with van der Waals surface area (Å²) < 4.78 is 2.18. The van der Waals surface area contributed by atoms with Crippen molar-refractivity contribution in [3.8, 4) is 0 Å². The standard InChI is InChI=1S/C16H22N4/c1-3-8-16(9-4-2)13(17)10-11-6-5-7-12-14(11)20(16)15(18)19-12/h5-7,10H,3-4,8-9,17H2,1-2H3,(H2,18,19). The van der Waals surface area contributed by atoms with E-state index in [2.05, 4.69) is 35.5 Å². The van der Waals surface area contributed by atoms with E-state index in [9.17, 15) is 0 Å². The fraction of sp³-hybridized carbons (Fsp3) is 0.438. The number of allylic oxidation sites excluding steroid dienone is 1. The van der Waals surface area contributed by atoms with E-state index in [1.165, 1.54) is 0 Å². The number of nitrogens with two attached hydrogens (primary N) is 2. The minimum absolute atomic E-state index is 0.212. The molecule has 0 bridgehead atoms. The van der Waals surface area contributed by atoms with E-state index in [0.29, 0.717) is 5.95 Å². The average molecular weight is 270 g/mol. The highest BCUT2D eigenvalue weighted by Gasteiger charge is 2.39. The van der Waals surface area contributed by atoms with Crippen LogP contribution in [-0.2, 0) is 5.54 Å². The maximum Gasteiger partial charge on any atom is 0.202 e. The van der Waals surface area contributed by atoms with Crippen molar-refractivity contribution in [2.24, 2.45) is 5.73 Å². The molecular formula is C16H22N4. The number of para-hydroxylation sites is 1. The first-order chi connectivity index (χ1) is 9.64. The van der Waals surface area contributed by atoms with Gasteiger partial charge in [0.1, 0.15) is 0 Å². The minimum Gasteiger partial charge on any atom is -0.400 e. The summed E-state index contributed by atoms with van der Waals surface area (Å²) in [5.41, 5.74) is 16.6. The Hall–Kier alpha value is -1.97. The van der Waals surface area contributed by atoms with E-state index in [0.717, 1.165) is 48.0 Å². The lowest BCUT2D eigenvalue weighted by molar-refractivity contribution is 0.298. The van der Waals surface area contributed by atoms with Gasteiger partial charge >= 0.3 is 0 Å². The number of rotatable bonds is 4. The summed E-state index contributed by atoms with van der Waals surface area (Å²) in [4.78, 5) is 4.53. The van der Waals surface area contributed by atoms with Gasteiger partial charge in [-0.1, -0.05) is 38.8 Å². The van der Waals surface area contributed by atoms with Gasteiger partial charge in [-0.2, -0.15) is 0 Å². The molecule has 20 heavy (non-hydrogen) atoms. The maximum atomic E-state index is 6.46. The lowest BCUT2D eigenvalue weighted by Crippen LogP contribution is -2.41. The fourth-order valence-corrected chi connectivity index (χ4v) is 3.62. The Morgan fingerprint density at radius 1 is 1.15 bits per heavy atom. The maximum absolute atomic E-state index is 6.46. The van der Waals surface area contributed by atoms with Crippen LogP contribution in [-0.4, -0.2) is 9.55 Å². The predicted molar refractivity (Wildman–Crippen MR) is 84.1 cm³/mol. The number of aromatic nitrogens is 2. The molecule has 0 fully saturated rings. The van der Waals surface area contributed by atoms with Crippen molar-refractivity contribution in [2.45, 2.75) is 45.1 Å². The second kappa shape index (κ2) is 4.54. The summed E-state index contributed by atoms with van der Waals surface area (Å²) in [7, 11) is 0. The number of benzene rings is 1. The van der Waals surface area contributed by atoms with Gasteiger partial charge < -0.3 is 11.5 Å². The summed E-state index contributed by atoms with van der Waals surface area (Å²) in [6.45, 7) is 4.38. The second-order valence-electron chi connectivity index (χ2n) is 5.65. The molecule has 2 heterocycles. The van der Waals surface area contributed by atoms with Crippen LogP contribution in [0, 0.1) is 0 Å². The van der Waals surface area contributed by atoms with Crippen molar-refractivity contribution in [3.63, 3.8) is 0 Å². The molecule has 0 amide bonds. The molecule has 0 radical (unpaired) electrons. The van der Waals surface area contributed by atoms with Gasteiger partial charge in [0.15, 0.2) is 0 Å².